The van der Waals surface area contributed by atoms with Crippen molar-refractivity contribution in [1.29, 1.82) is 0 Å². The number of hydrogen-bond acceptors (Lipinski definition) is 6. The van der Waals surface area contributed by atoms with Crippen molar-refractivity contribution < 1.29 is 19.8 Å². The van der Waals surface area contributed by atoms with Crippen molar-refractivity contribution in [2.24, 2.45) is 0 Å². The van der Waals surface area contributed by atoms with Crippen LogP contribution in [0.4, 0.5) is 0 Å². The van der Waals surface area contributed by atoms with Crippen LogP contribution in [0.3, 0.4) is 0 Å². The molecule has 2 aliphatic rings. The number of unbranched alkanes of at least 4 members (excludes halogenated alkanes) is 1. The van der Waals surface area contributed by atoms with Crippen molar-refractivity contribution in [3.8, 4) is 0 Å². The first kappa shape index (κ1) is 18.7. The lowest BCUT2D eigenvalue weighted by Gasteiger charge is -2.49. The molecule has 0 aromatic carbocycles. The Morgan fingerprint density at radius 2 is 2.24 bits per heavy atom. The second kappa shape index (κ2) is 7.65. The van der Waals surface area contributed by atoms with Crippen LogP contribution >= 0.6 is 10.8 Å². The van der Waals surface area contributed by atoms with Gasteiger partial charge in [-0.15, -0.1) is 10.8 Å². The molecule has 0 radical (unpaired) electrons. The van der Waals surface area contributed by atoms with E-state index in [-0.39, 0.29) is 19.4 Å². The minimum atomic E-state index is -2.70. The fourth-order valence-electron chi connectivity index (χ4n) is 3.39. The molecular formula is C17H31N3O4S. The van der Waals surface area contributed by atoms with E-state index in [1.165, 1.54) is 0 Å². The summed E-state index contributed by atoms with van der Waals surface area (Å²) in [6.45, 7) is 4.60. The second-order valence-corrected chi connectivity index (χ2v) is 9.40. The highest BCUT2D eigenvalue weighted by molar-refractivity contribution is 8.22. The monoisotopic (exact) mass is 373 g/mol. The van der Waals surface area contributed by atoms with Crippen LogP contribution in [-0.2, 0) is 0 Å². The van der Waals surface area contributed by atoms with Gasteiger partial charge in [-0.1, -0.05) is 18.5 Å². The van der Waals surface area contributed by atoms with Crippen LogP contribution in [0.25, 0.3) is 0 Å². The Morgan fingerprint density at radius 1 is 1.48 bits per heavy atom. The topological polar surface area (TPSA) is 98.8 Å². The molecule has 0 unspecified atom stereocenters. The van der Waals surface area contributed by atoms with Crippen molar-refractivity contribution in [3.63, 3.8) is 0 Å². The Kier molecular flexibility index (Phi) is 5.72. The van der Waals surface area contributed by atoms with E-state index >= 15 is 0 Å². The van der Waals surface area contributed by atoms with E-state index in [4.69, 9.17) is 4.52 Å². The van der Waals surface area contributed by atoms with Crippen LogP contribution in [0.1, 0.15) is 76.0 Å². The van der Waals surface area contributed by atoms with Crippen LogP contribution in [0.5, 0.6) is 0 Å². The number of nitrogens with zero attached hydrogens (tertiary/aromatic N) is 2. The number of aromatic nitrogens is 1. The minimum Gasteiger partial charge on any atom is -0.360 e. The zero-order chi connectivity index (χ0) is 18.0. The third-order valence-corrected chi connectivity index (χ3v) is 7.17. The number of carbonyl (C=O) groups is 1. The molecule has 0 bridgehead atoms. The quantitative estimate of drug-likeness (QED) is 0.671. The number of amides is 1. The summed E-state index contributed by atoms with van der Waals surface area (Å²) in [4.78, 5) is 12.4. The third-order valence-electron chi connectivity index (χ3n) is 5.04. The molecule has 25 heavy (non-hydrogen) atoms. The molecule has 1 amide bonds. The molecule has 3 rings (SSSR count). The molecule has 1 saturated heterocycles. The molecule has 3 N–H and O–H groups in total. The van der Waals surface area contributed by atoms with E-state index in [2.05, 4.69) is 10.5 Å². The van der Waals surface area contributed by atoms with E-state index in [1.807, 2.05) is 18.2 Å². The first-order valence-electron chi connectivity index (χ1n) is 9.21. The van der Waals surface area contributed by atoms with Crippen molar-refractivity contribution in [2.75, 3.05) is 12.3 Å². The van der Waals surface area contributed by atoms with Gasteiger partial charge in [0.05, 0.1) is 5.75 Å². The Bertz CT molecular complexity index is 609. The Morgan fingerprint density at radius 3 is 2.88 bits per heavy atom. The average Bonchev–Trinajstić information content (AvgIpc) is 3.29. The molecule has 1 aromatic heterocycles. The summed E-state index contributed by atoms with van der Waals surface area (Å²) in [6.07, 6.45) is 5.36. The van der Waals surface area contributed by atoms with Gasteiger partial charge in [0, 0.05) is 32.0 Å². The number of rotatable bonds is 7. The summed E-state index contributed by atoms with van der Waals surface area (Å²) < 4.78 is 27.9. The minimum absolute atomic E-state index is 0. The maximum Gasteiger partial charge on any atom is 0.273 e. The normalized spacial score (nSPS) is 25.8. The summed E-state index contributed by atoms with van der Waals surface area (Å²) in [5.74, 6) is 1.45. The number of hydrogen-bond donors (Lipinski definition) is 3. The highest BCUT2D eigenvalue weighted by atomic mass is 32.3. The molecular weight excluding hydrogens is 342 g/mol. The van der Waals surface area contributed by atoms with Gasteiger partial charge in [0.1, 0.15) is 5.76 Å². The van der Waals surface area contributed by atoms with Crippen LogP contribution in [0.15, 0.2) is 10.6 Å². The smallest absolute Gasteiger partial charge is 0.273 e. The lowest BCUT2D eigenvalue weighted by molar-refractivity contribution is 0.0903. The molecule has 7 nitrogen and oxygen atoms in total. The van der Waals surface area contributed by atoms with E-state index in [0.717, 1.165) is 31.4 Å². The Hall–Kier alpha value is -1.09. The fourth-order valence-corrected chi connectivity index (χ4v) is 5.36. The van der Waals surface area contributed by atoms with Gasteiger partial charge in [-0.3, -0.25) is 13.9 Å². The van der Waals surface area contributed by atoms with E-state index in [1.54, 1.807) is 6.07 Å². The predicted molar refractivity (Wildman–Crippen MR) is 99.9 cm³/mol. The standard InChI is InChI=1S/C17H29N3O4S.H2/c1-3-4-9-25(22,23)20-8-7-14(10-12(20)2)18-17(21)15-11-16(24-19-15)13-5-6-13;/h11-14,22-23H,3-10H2,1-2H3,(H,18,21);1H/t12-,14-;/m0./s1. The predicted octanol–water partition coefficient (Wildman–Crippen LogP) is 3.85. The first-order valence-corrected chi connectivity index (χ1v) is 10.9. The number of carbonyl (C=O) groups excluding carboxylic acids is 1. The Labute approximate surface area is 152 Å². The number of piperidine rings is 1. The molecule has 1 saturated carbocycles. The summed E-state index contributed by atoms with van der Waals surface area (Å²) in [5.41, 5.74) is 0.337. The zero-order valence-electron chi connectivity index (χ0n) is 15.0. The van der Waals surface area contributed by atoms with Gasteiger partial charge >= 0.3 is 0 Å². The molecule has 1 aliphatic heterocycles. The average molecular weight is 374 g/mol. The molecule has 1 aliphatic carbocycles. The molecule has 8 heteroatoms. The van der Waals surface area contributed by atoms with Gasteiger partial charge in [0.25, 0.3) is 5.91 Å². The summed E-state index contributed by atoms with van der Waals surface area (Å²) >= 11 is 0. The van der Waals surface area contributed by atoms with Crippen molar-refractivity contribution in [2.45, 2.75) is 70.4 Å². The maximum absolute atomic E-state index is 12.4. The first-order chi connectivity index (χ1) is 11.9. The molecule has 2 atom stereocenters. The molecule has 2 heterocycles. The van der Waals surface area contributed by atoms with Crippen LogP contribution in [0.2, 0.25) is 0 Å². The van der Waals surface area contributed by atoms with Crippen LogP contribution < -0.4 is 5.32 Å². The molecule has 1 aromatic rings. The van der Waals surface area contributed by atoms with Crippen molar-refractivity contribution >= 4 is 16.7 Å². The van der Waals surface area contributed by atoms with E-state index in [0.29, 0.717) is 36.8 Å². The summed E-state index contributed by atoms with van der Waals surface area (Å²) in [7, 11) is -2.70. The largest absolute Gasteiger partial charge is 0.360 e. The summed E-state index contributed by atoms with van der Waals surface area (Å²) in [5, 5.41) is 6.89. The van der Waals surface area contributed by atoms with Gasteiger partial charge in [0.15, 0.2) is 5.69 Å². The zero-order valence-corrected chi connectivity index (χ0v) is 15.8. The molecule has 0 spiro atoms. The van der Waals surface area contributed by atoms with E-state index < -0.39 is 10.8 Å². The van der Waals surface area contributed by atoms with Crippen molar-refractivity contribution in [1.82, 2.24) is 14.8 Å². The highest BCUT2D eigenvalue weighted by Crippen LogP contribution is 2.47. The molecule has 2 fully saturated rings. The lowest BCUT2D eigenvalue weighted by Crippen LogP contribution is -2.49. The lowest BCUT2D eigenvalue weighted by atomic mass is 10.0. The van der Waals surface area contributed by atoms with Gasteiger partial charge < -0.3 is 9.84 Å². The maximum atomic E-state index is 12.4. The fraction of sp³-hybridized carbons (Fsp3) is 0.765. The van der Waals surface area contributed by atoms with Gasteiger partial charge in [0.2, 0.25) is 0 Å². The third kappa shape index (κ3) is 4.55. The molecule has 144 valence electrons. The van der Waals surface area contributed by atoms with Gasteiger partial charge in [-0.05, 0) is 39.0 Å². The summed E-state index contributed by atoms with van der Waals surface area (Å²) in [6, 6.07) is 1.77. The number of nitrogens with one attached hydrogen (secondary N) is 1. The second-order valence-electron chi connectivity index (χ2n) is 7.26. The Balaban J connectivity index is 0.00000243. The van der Waals surface area contributed by atoms with Crippen LogP contribution in [0, 0.1) is 0 Å². The van der Waals surface area contributed by atoms with E-state index in [9.17, 15) is 13.9 Å². The van der Waals surface area contributed by atoms with Gasteiger partial charge in [-0.2, -0.15) is 0 Å². The van der Waals surface area contributed by atoms with Crippen LogP contribution in [-0.4, -0.2) is 48.9 Å². The van der Waals surface area contributed by atoms with Gasteiger partial charge in [-0.25, -0.2) is 4.31 Å². The highest BCUT2D eigenvalue weighted by Gasteiger charge is 2.34. The SMILES string of the molecule is CCCCS(O)(O)N1CC[C@H](NC(=O)c2cc(C3CC3)on2)C[C@@H]1C.[HH]. The van der Waals surface area contributed by atoms with Crippen molar-refractivity contribution in [3.05, 3.63) is 17.5 Å².